The van der Waals surface area contributed by atoms with E-state index in [1.807, 2.05) is 6.07 Å². The number of hydrogen-bond acceptors (Lipinski definition) is 6. The van der Waals surface area contributed by atoms with Gasteiger partial charge >= 0.3 is 0 Å². The molecule has 0 bridgehead atoms. The predicted octanol–water partition coefficient (Wildman–Crippen LogP) is 3.27. The number of hydrogen-bond donors (Lipinski definition) is 2. The summed E-state index contributed by atoms with van der Waals surface area (Å²) in [6, 6.07) is 10.1. The molecule has 0 saturated carbocycles. The molecule has 130 valence electrons. The number of carbonyl (C=O) groups is 1. The number of carbonyl (C=O) groups excluding carboxylic acids is 1. The van der Waals surface area contributed by atoms with Crippen LogP contribution in [0.4, 0.5) is 5.95 Å². The van der Waals surface area contributed by atoms with Gasteiger partial charge in [0.2, 0.25) is 11.8 Å². The van der Waals surface area contributed by atoms with Crippen LogP contribution in [-0.4, -0.2) is 25.7 Å². The molecule has 7 nitrogen and oxygen atoms in total. The van der Waals surface area contributed by atoms with E-state index >= 15 is 0 Å². The third-order valence-electron chi connectivity index (χ3n) is 4.80. The van der Waals surface area contributed by atoms with Crippen molar-refractivity contribution in [2.75, 3.05) is 5.32 Å². The molecule has 3 aromatic rings. The second kappa shape index (κ2) is 5.59. The number of rotatable bonds is 2. The summed E-state index contributed by atoms with van der Waals surface area (Å²) in [5.41, 5.74) is 2.39. The molecule has 3 heterocycles. The van der Waals surface area contributed by atoms with Crippen LogP contribution in [0.3, 0.4) is 0 Å². The highest BCUT2D eigenvalue weighted by molar-refractivity contribution is 5.99. The van der Waals surface area contributed by atoms with E-state index in [2.05, 4.69) is 15.4 Å². The van der Waals surface area contributed by atoms with Crippen molar-refractivity contribution < 1.29 is 14.3 Å². The summed E-state index contributed by atoms with van der Waals surface area (Å²) in [5.74, 6) is 1.84. The molecule has 2 N–H and O–H groups in total. The molecule has 1 atom stereocenters. The summed E-state index contributed by atoms with van der Waals surface area (Å²) in [6.45, 7) is 0. The zero-order valence-electron chi connectivity index (χ0n) is 13.8. The Balaban J connectivity index is 1.71. The number of nitrogens with one attached hydrogen (secondary N) is 1. The highest BCUT2D eigenvalue weighted by atomic mass is 16.3. The molecule has 1 aliphatic heterocycles. The zero-order chi connectivity index (χ0) is 17.7. The van der Waals surface area contributed by atoms with Crippen molar-refractivity contribution >= 4 is 11.7 Å². The molecule has 1 aromatic carbocycles. The molecule has 2 aliphatic rings. The number of furan rings is 1. The van der Waals surface area contributed by atoms with Gasteiger partial charge in [0.25, 0.3) is 0 Å². The van der Waals surface area contributed by atoms with Crippen LogP contribution in [-0.2, 0) is 4.79 Å². The standard InChI is InChI=1S/C19H16N4O3/c24-12-5-1-4-11(10-12)17-16-13(6-2-7-14(16)25)20-19-21-18(22-23(17)19)15-8-3-9-26-15/h1,3-5,8-10,17,24H,2,6-7H2,(H,20,21,22). The maximum absolute atomic E-state index is 12.7. The minimum atomic E-state index is -0.419. The van der Waals surface area contributed by atoms with Gasteiger partial charge in [-0.1, -0.05) is 12.1 Å². The number of Topliss-reactive ketones (excluding diaryl/α,β-unsaturated/α-hetero) is 1. The summed E-state index contributed by atoms with van der Waals surface area (Å²) in [6.07, 6.45) is 3.70. The lowest BCUT2D eigenvalue weighted by atomic mass is 9.85. The molecule has 2 aromatic heterocycles. The minimum Gasteiger partial charge on any atom is -0.508 e. The molecule has 1 unspecified atom stereocenters. The Morgan fingerprint density at radius 3 is 2.96 bits per heavy atom. The number of aromatic nitrogens is 3. The summed E-state index contributed by atoms with van der Waals surface area (Å²) < 4.78 is 7.11. The smallest absolute Gasteiger partial charge is 0.227 e. The fourth-order valence-corrected chi connectivity index (χ4v) is 3.67. The van der Waals surface area contributed by atoms with Crippen molar-refractivity contribution in [3.05, 3.63) is 59.5 Å². The van der Waals surface area contributed by atoms with Gasteiger partial charge in [0.15, 0.2) is 11.5 Å². The van der Waals surface area contributed by atoms with Crippen LogP contribution in [0.15, 0.2) is 58.3 Å². The van der Waals surface area contributed by atoms with Crippen LogP contribution in [0.1, 0.15) is 30.9 Å². The van der Waals surface area contributed by atoms with Gasteiger partial charge in [-0.25, -0.2) is 4.68 Å². The predicted molar refractivity (Wildman–Crippen MR) is 93.5 cm³/mol. The molecule has 7 heteroatoms. The Hall–Kier alpha value is -3.35. The Morgan fingerprint density at radius 1 is 1.23 bits per heavy atom. The van der Waals surface area contributed by atoms with Crippen molar-refractivity contribution in [1.82, 2.24) is 14.8 Å². The quantitative estimate of drug-likeness (QED) is 0.738. The van der Waals surface area contributed by atoms with Crippen molar-refractivity contribution in [3.8, 4) is 17.3 Å². The average molecular weight is 348 g/mol. The molecular formula is C19H16N4O3. The first kappa shape index (κ1) is 14.9. The lowest BCUT2D eigenvalue weighted by Crippen LogP contribution is -2.31. The molecule has 0 spiro atoms. The van der Waals surface area contributed by atoms with E-state index in [-0.39, 0.29) is 11.5 Å². The number of anilines is 1. The van der Waals surface area contributed by atoms with Gasteiger partial charge in [0.1, 0.15) is 11.8 Å². The molecule has 0 saturated heterocycles. The van der Waals surface area contributed by atoms with Crippen LogP contribution in [0.25, 0.3) is 11.6 Å². The molecule has 5 rings (SSSR count). The van der Waals surface area contributed by atoms with Crippen molar-refractivity contribution in [2.24, 2.45) is 0 Å². The number of nitrogens with zero attached hydrogens (tertiary/aromatic N) is 3. The van der Waals surface area contributed by atoms with Gasteiger partial charge in [0, 0.05) is 17.7 Å². The monoisotopic (exact) mass is 348 g/mol. The summed E-state index contributed by atoms with van der Waals surface area (Å²) in [5, 5.41) is 17.8. The maximum atomic E-state index is 12.7. The SMILES string of the molecule is O=C1CCCC2=C1C(c1cccc(O)c1)n1nc(-c3ccco3)nc1N2. The second-order valence-corrected chi connectivity index (χ2v) is 6.47. The Bertz CT molecular complexity index is 1030. The van der Waals surface area contributed by atoms with Crippen LogP contribution < -0.4 is 5.32 Å². The third kappa shape index (κ3) is 2.24. The maximum Gasteiger partial charge on any atom is 0.227 e. The largest absolute Gasteiger partial charge is 0.508 e. The first-order valence-electron chi connectivity index (χ1n) is 8.53. The van der Waals surface area contributed by atoms with E-state index in [9.17, 15) is 9.90 Å². The van der Waals surface area contributed by atoms with Gasteiger partial charge in [-0.15, -0.1) is 5.10 Å². The van der Waals surface area contributed by atoms with Gasteiger partial charge in [-0.05, 0) is 42.7 Å². The van der Waals surface area contributed by atoms with E-state index in [0.29, 0.717) is 29.5 Å². The lowest BCUT2D eigenvalue weighted by molar-refractivity contribution is -0.116. The second-order valence-electron chi connectivity index (χ2n) is 6.47. The summed E-state index contributed by atoms with van der Waals surface area (Å²) in [7, 11) is 0. The summed E-state index contributed by atoms with van der Waals surface area (Å²) in [4.78, 5) is 17.2. The minimum absolute atomic E-state index is 0.104. The zero-order valence-corrected chi connectivity index (χ0v) is 13.8. The van der Waals surface area contributed by atoms with E-state index in [1.54, 1.807) is 41.3 Å². The van der Waals surface area contributed by atoms with Crippen molar-refractivity contribution in [3.63, 3.8) is 0 Å². The lowest BCUT2D eigenvalue weighted by Gasteiger charge is -2.32. The topological polar surface area (TPSA) is 93.2 Å². The van der Waals surface area contributed by atoms with Crippen LogP contribution in [0, 0.1) is 0 Å². The number of phenolic OH excluding ortho intramolecular Hbond substituents is 1. The van der Waals surface area contributed by atoms with Crippen LogP contribution in [0.5, 0.6) is 5.75 Å². The number of benzene rings is 1. The summed E-state index contributed by atoms with van der Waals surface area (Å²) >= 11 is 0. The Labute approximate surface area is 149 Å². The van der Waals surface area contributed by atoms with Crippen LogP contribution >= 0.6 is 0 Å². The molecule has 1 aliphatic carbocycles. The molecule has 0 radical (unpaired) electrons. The van der Waals surface area contributed by atoms with Gasteiger partial charge in [-0.3, -0.25) is 4.79 Å². The normalized spacial score (nSPS) is 19.1. The first-order chi connectivity index (χ1) is 12.7. The van der Waals surface area contributed by atoms with E-state index in [4.69, 9.17) is 4.42 Å². The highest BCUT2D eigenvalue weighted by Gasteiger charge is 2.37. The van der Waals surface area contributed by atoms with E-state index in [0.717, 1.165) is 24.1 Å². The molecular weight excluding hydrogens is 332 g/mol. The number of aromatic hydroxyl groups is 1. The number of allylic oxidation sites excluding steroid dienone is 2. The Morgan fingerprint density at radius 2 is 2.15 bits per heavy atom. The fraction of sp³-hybridized carbons (Fsp3) is 0.211. The molecule has 0 fully saturated rings. The van der Waals surface area contributed by atoms with Gasteiger partial charge in [-0.2, -0.15) is 4.98 Å². The third-order valence-corrected chi connectivity index (χ3v) is 4.80. The van der Waals surface area contributed by atoms with Crippen LogP contribution in [0.2, 0.25) is 0 Å². The fourth-order valence-electron chi connectivity index (χ4n) is 3.67. The number of fused-ring (bicyclic) bond motifs is 1. The van der Waals surface area contributed by atoms with Crippen molar-refractivity contribution in [2.45, 2.75) is 25.3 Å². The average Bonchev–Trinajstić information content (AvgIpc) is 3.29. The Kier molecular flexibility index (Phi) is 3.21. The first-order valence-corrected chi connectivity index (χ1v) is 8.53. The highest BCUT2D eigenvalue weighted by Crippen LogP contribution is 2.41. The van der Waals surface area contributed by atoms with Crippen molar-refractivity contribution in [1.29, 1.82) is 0 Å². The van der Waals surface area contributed by atoms with Gasteiger partial charge < -0.3 is 14.8 Å². The van der Waals surface area contributed by atoms with E-state index in [1.165, 1.54) is 0 Å². The molecule has 26 heavy (non-hydrogen) atoms. The number of ketones is 1. The number of phenols is 1. The van der Waals surface area contributed by atoms with Gasteiger partial charge in [0.05, 0.1) is 6.26 Å². The van der Waals surface area contributed by atoms with E-state index < -0.39 is 6.04 Å². The molecule has 0 amide bonds.